The van der Waals surface area contributed by atoms with Gasteiger partial charge in [0, 0.05) is 12.1 Å². The van der Waals surface area contributed by atoms with Crippen LogP contribution in [0.4, 0.5) is 0 Å². The fourth-order valence-electron chi connectivity index (χ4n) is 8.90. The molecular weight excluding hydrogens is 1220 g/mol. The molecule has 6 aromatic carbocycles. The molecule has 10 atom stereocenters. The van der Waals surface area contributed by atoms with Crippen LogP contribution in [0.2, 0.25) is 0 Å². The first kappa shape index (κ1) is 62.8. The molecule has 0 saturated carbocycles. The van der Waals surface area contributed by atoms with Gasteiger partial charge in [0.2, 0.25) is 59.3 Å². The molecule has 9 rings (SSSR count). The first-order chi connectivity index (χ1) is 42.4. The Morgan fingerprint density at radius 3 is 1.01 bits per heavy atom. The smallest absolute Gasteiger partial charge is 0.342 e. The Bertz CT molecular complexity index is 3640. The number of hydrogen-bond acceptors (Lipinski definition) is 36. The molecule has 0 aromatic heterocycles. The highest BCUT2D eigenvalue weighted by molar-refractivity contribution is 5.98. The average Bonchev–Trinajstić information content (AvgIpc) is 0.827. The number of aromatic hydroxyl groups is 16. The molecule has 36 nitrogen and oxygen atoms in total. The Hall–Kier alpha value is -11.7. The number of aliphatic hydroxyl groups excluding tert-OH is 4. The molecule has 3 heterocycles. The molecule has 3 aliphatic rings. The Balaban J connectivity index is 1.23. The maximum absolute atomic E-state index is 14.6. The molecule has 10 unspecified atom stereocenters. The van der Waals surface area contributed by atoms with Crippen LogP contribution < -0.4 is 9.47 Å². The molecule has 0 spiro atoms. The van der Waals surface area contributed by atoms with Gasteiger partial charge >= 0.3 is 35.8 Å². The van der Waals surface area contributed by atoms with E-state index < -0.39 is 259 Å². The summed E-state index contributed by atoms with van der Waals surface area (Å²) in [7, 11) is 0. The van der Waals surface area contributed by atoms with E-state index in [1.807, 2.05) is 0 Å². The molecule has 0 radical (unpaired) electrons. The summed E-state index contributed by atoms with van der Waals surface area (Å²) in [4.78, 5) is 85.3. The number of benzene rings is 6. The first-order valence-corrected chi connectivity index (χ1v) is 25.1. The molecule has 6 aromatic rings. The topological polar surface area (TPSA) is 599 Å². The van der Waals surface area contributed by atoms with Gasteiger partial charge < -0.3 is 149 Å². The van der Waals surface area contributed by atoms with Crippen molar-refractivity contribution in [3.63, 3.8) is 0 Å². The summed E-state index contributed by atoms with van der Waals surface area (Å²) >= 11 is 0. The number of fused-ring (bicyclic) bond motifs is 8. The zero-order valence-corrected chi connectivity index (χ0v) is 44.4. The normalized spacial score (nSPS) is 22.8. The highest BCUT2D eigenvalue weighted by Crippen LogP contribution is 2.52. The van der Waals surface area contributed by atoms with Crippen LogP contribution in [0.3, 0.4) is 0 Å². The Labute approximate surface area is 496 Å². The van der Waals surface area contributed by atoms with Crippen LogP contribution in [-0.4, -0.2) is 213 Å². The second-order valence-electron chi connectivity index (χ2n) is 19.3. The number of rotatable bonds is 6. The standard InChI is InChI=1S/C54H44O36/c55-11-29-37(71)43(85-47(75)13-1-19(57)31(65)20(58)2-13)45-53(83-29)89-49(77)15-5-23(61)33(67)27(7-15)82-42-18(10-26(64)36(70)40(42)74)52(80)88-46-44(86-48(76)14-3-21(59)32(66)22(60)4-14)38(72)30(12-56)84-54(46)90-50(78)16-6-24(62)34(68)28(8-16)81-41-17(51(79)87-45)9-25(63)35(69)39(41)73/h1-10,29-30,37-38,43-46,53-74H,11-12H2. The van der Waals surface area contributed by atoms with Crippen molar-refractivity contribution >= 4 is 35.8 Å². The molecule has 476 valence electrons. The minimum Gasteiger partial charge on any atom is -0.504 e. The SMILES string of the molecule is O=C1OC2OC(CO)C(O)C(OC(=O)c3cc(O)c(O)c(O)c3)C2OC(=O)c2cc(O)c(O)c(O)c2Oc2cc(cc(O)c2O)C(=O)OC2OC(CO)C(O)C(OC(=O)c3cc(O)c(O)c(O)c3)C2OC(=O)c2cc(O)c(O)c(O)c2Oc2cc1cc(O)c2O. The lowest BCUT2D eigenvalue weighted by molar-refractivity contribution is -0.283. The van der Waals surface area contributed by atoms with Crippen molar-refractivity contribution in [2.45, 2.75) is 61.4 Å². The third-order valence-corrected chi connectivity index (χ3v) is 13.5. The van der Waals surface area contributed by atoms with Crippen LogP contribution in [0.1, 0.15) is 62.1 Å². The van der Waals surface area contributed by atoms with E-state index in [1.54, 1.807) is 0 Å². The van der Waals surface area contributed by atoms with Crippen LogP contribution in [0.15, 0.2) is 60.7 Å². The quantitative estimate of drug-likeness (QED) is 0.0603. The molecular formula is C54H44O36. The van der Waals surface area contributed by atoms with Crippen molar-refractivity contribution in [2.24, 2.45) is 0 Å². The highest BCUT2D eigenvalue weighted by Gasteiger charge is 2.54. The number of hydrogen-bond donors (Lipinski definition) is 20. The Morgan fingerprint density at radius 1 is 0.378 bits per heavy atom. The second-order valence-corrected chi connectivity index (χ2v) is 19.3. The van der Waals surface area contributed by atoms with Gasteiger partial charge in [-0.25, -0.2) is 28.8 Å². The number of carbonyl (C=O) groups is 6. The molecule has 3 aliphatic heterocycles. The minimum atomic E-state index is -2.67. The molecule has 0 aliphatic carbocycles. The number of esters is 6. The van der Waals surface area contributed by atoms with Gasteiger partial charge in [0.05, 0.1) is 35.5 Å². The lowest BCUT2D eigenvalue weighted by atomic mass is 9.98. The summed E-state index contributed by atoms with van der Waals surface area (Å²) < 4.78 is 55.0. The predicted molar refractivity (Wildman–Crippen MR) is 277 cm³/mol. The third kappa shape index (κ3) is 11.7. The maximum atomic E-state index is 14.6. The van der Waals surface area contributed by atoms with E-state index >= 15 is 0 Å². The largest absolute Gasteiger partial charge is 0.504 e. The van der Waals surface area contributed by atoms with Gasteiger partial charge in [-0.1, -0.05) is 0 Å². The van der Waals surface area contributed by atoms with Crippen LogP contribution in [-0.2, 0) is 37.9 Å². The molecule has 4 bridgehead atoms. The molecule has 0 amide bonds. The molecule has 20 N–H and O–H groups in total. The second kappa shape index (κ2) is 24.2. The van der Waals surface area contributed by atoms with Gasteiger partial charge in [-0.15, -0.1) is 0 Å². The van der Waals surface area contributed by atoms with Crippen molar-refractivity contribution in [1.29, 1.82) is 0 Å². The van der Waals surface area contributed by atoms with E-state index in [1.165, 1.54) is 0 Å². The van der Waals surface area contributed by atoms with Crippen molar-refractivity contribution in [1.82, 2.24) is 0 Å². The fraction of sp³-hybridized carbons (Fsp3) is 0.222. The highest BCUT2D eigenvalue weighted by atomic mass is 16.8. The summed E-state index contributed by atoms with van der Waals surface area (Å²) in [6, 6.07) is 4.29. The summed E-state index contributed by atoms with van der Waals surface area (Å²) in [5, 5.41) is 214. The first-order valence-electron chi connectivity index (χ1n) is 25.1. The Morgan fingerprint density at radius 2 is 0.689 bits per heavy atom. The zero-order valence-electron chi connectivity index (χ0n) is 44.4. The van der Waals surface area contributed by atoms with E-state index in [-0.39, 0.29) is 12.1 Å². The summed E-state index contributed by atoms with van der Waals surface area (Å²) in [5.41, 5.74) is -6.35. The lowest BCUT2D eigenvalue weighted by Crippen LogP contribution is -2.62. The van der Waals surface area contributed by atoms with Crippen molar-refractivity contribution in [3.8, 4) is 115 Å². The lowest BCUT2D eigenvalue weighted by Gasteiger charge is -2.42. The van der Waals surface area contributed by atoms with E-state index in [4.69, 9.17) is 47.4 Å². The van der Waals surface area contributed by atoms with E-state index in [9.17, 15) is 131 Å². The number of aliphatic hydroxyl groups is 4. The average molecular weight is 1270 g/mol. The fourth-order valence-corrected chi connectivity index (χ4v) is 8.90. The van der Waals surface area contributed by atoms with E-state index in [2.05, 4.69) is 0 Å². The minimum absolute atomic E-state index is 0.272. The van der Waals surface area contributed by atoms with Crippen LogP contribution in [0, 0.1) is 0 Å². The third-order valence-electron chi connectivity index (χ3n) is 13.5. The molecule has 2 fully saturated rings. The van der Waals surface area contributed by atoms with Crippen molar-refractivity contribution in [3.05, 3.63) is 94.0 Å². The number of carbonyl (C=O) groups excluding carboxylic acids is 6. The summed E-state index contributed by atoms with van der Waals surface area (Å²) in [6.07, 6.45) is -24.7. The summed E-state index contributed by atoms with van der Waals surface area (Å²) in [6.45, 7) is -2.59. The predicted octanol–water partition coefficient (Wildman–Crippen LogP) is 0.246. The maximum Gasteiger partial charge on any atom is 0.342 e. The molecule has 36 heteroatoms. The van der Waals surface area contributed by atoms with Gasteiger partial charge in [0.25, 0.3) is 0 Å². The summed E-state index contributed by atoms with van der Waals surface area (Å²) in [5.74, 6) is -37.8. The van der Waals surface area contributed by atoms with Gasteiger partial charge in [-0.05, 0) is 48.5 Å². The number of phenols is 16. The van der Waals surface area contributed by atoms with Crippen LogP contribution in [0.25, 0.3) is 0 Å². The number of ether oxygens (including phenoxy) is 10. The van der Waals surface area contributed by atoms with Crippen LogP contribution >= 0.6 is 0 Å². The van der Waals surface area contributed by atoms with Crippen molar-refractivity contribution in [2.75, 3.05) is 13.2 Å². The van der Waals surface area contributed by atoms with E-state index in [0.29, 0.717) is 48.5 Å². The molecule has 90 heavy (non-hydrogen) atoms. The van der Waals surface area contributed by atoms with Crippen molar-refractivity contribution < 1.29 is 178 Å². The monoisotopic (exact) mass is 1270 g/mol. The van der Waals surface area contributed by atoms with Crippen LogP contribution in [0.5, 0.6) is 115 Å². The van der Waals surface area contributed by atoms with Gasteiger partial charge in [-0.3, -0.25) is 0 Å². The zero-order chi connectivity index (χ0) is 65.8. The van der Waals surface area contributed by atoms with Gasteiger partial charge in [-0.2, -0.15) is 0 Å². The van der Waals surface area contributed by atoms with E-state index in [0.717, 1.165) is 0 Å². The number of phenolic OH excluding ortho intramolecular Hbond substituents is 16. The molecule has 2 saturated heterocycles. The Kier molecular flexibility index (Phi) is 16.9. The van der Waals surface area contributed by atoms with Gasteiger partial charge in [0.1, 0.15) is 35.5 Å². The van der Waals surface area contributed by atoms with Gasteiger partial charge in [0.15, 0.2) is 92.7 Å².